The second-order valence-electron chi connectivity index (χ2n) is 5.29. The molecule has 0 bridgehead atoms. The zero-order valence-corrected chi connectivity index (χ0v) is 14.5. The van der Waals surface area contributed by atoms with E-state index >= 15 is 0 Å². The predicted octanol–water partition coefficient (Wildman–Crippen LogP) is -1.96. The molecule has 1 unspecified atom stereocenters. The van der Waals surface area contributed by atoms with Gasteiger partial charge in [-0.3, -0.25) is 9.69 Å². The summed E-state index contributed by atoms with van der Waals surface area (Å²) in [6.45, 7) is 6.46. The number of hydrogen-bond acceptors (Lipinski definition) is 5. The summed E-state index contributed by atoms with van der Waals surface area (Å²) in [5, 5.41) is 29.5. The smallest absolute Gasteiger partial charge is 0.862 e. The van der Waals surface area contributed by atoms with Crippen LogP contribution in [0.4, 0.5) is 0 Å². The third-order valence-electron chi connectivity index (χ3n) is 3.48. The van der Waals surface area contributed by atoms with Crippen LogP contribution in [0.2, 0.25) is 0 Å². The number of carbonyl (C=O) groups is 1. The van der Waals surface area contributed by atoms with Gasteiger partial charge in [-0.2, -0.15) is 0 Å². The topological polar surface area (TPSA) is 96.2 Å². The molecule has 0 fully saturated rings. The van der Waals surface area contributed by atoms with Gasteiger partial charge in [0.1, 0.15) is 6.04 Å². The van der Waals surface area contributed by atoms with Crippen LogP contribution in [0.15, 0.2) is 17.6 Å². The summed E-state index contributed by atoms with van der Waals surface area (Å²) in [6.07, 6.45) is 6.66. The number of unbranched alkanes of at least 4 members (excludes halogenated alkanes) is 3. The fourth-order valence-electron chi connectivity index (χ4n) is 2.05. The Labute approximate surface area is 151 Å². The van der Waals surface area contributed by atoms with E-state index in [4.69, 9.17) is 10.2 Å². The van der Waals surface area contributed by atoms with Crippen LogP contribution >= 0.6 is 0 Å². The summed E-state index contributed by atoms with van der Waals surface area (Å²) in [4.78, 5) is 16.7. The molecule has 0 saturated heterocycles. The van der Waals surface area contributed by atoms with Gasteiger partial charge in [0.25, 0.3) is 0 Å². The minimum atomic E-state index is -0.911. The van der Waals surface area contributed by atoms with Gasteiger partial charge in [-0.25, -0.2) is 0 Å². The normalized spacial score (nSPS) is 12.7. The zero-order valence-electron chi connectivity index (χ0n) is 14.5. The Hall–Kier alpha value is -0.803. The maximum absolute atomic E-state index is 11.6. The Balaban J connectivity index is 0. The van der Waals surface area contributed by atoms with Crippen LogP contribution in [0.3, 0.4) is 0 Å². The molecule has 2 N–H and O–H groups in total. The first kappa shape index (κ1) is 24.4. The van der Waals surface area contributed by atoms with Gasteiger partial charge in [0.2, 0.25) is 0 Å². The van der Waals surface area contributed by atoms with Gasteiger partial charge in [0, 0.05) is 19.7 Å². The monoisotopic (exact) mass is 320 g/mol. The first-order chi connectivity index (χ1) is 10.5. The molecule has 1 atom stereocenters. The molecule has 0 radical (unpaired) electrons. The van der Waals surface area contributed by atoms with E-state index in [0.717, 1.165) is 25.7 Å². The van der Waals surface area contributed by atoms with Crippen molar-refractivity contribution in [3.63, 3.8) is 0 Å². The molecule has 0 amide bonds. The van der Waals surface area contributed by atoms with Gasteiger partial charge < -0.3 is 20.3 Å². The number of rotatable bonds is 14. The first-order valence-electron chi connectivity index (χ1n) is 7.91. The number of aliphatic hydroxyl groups excluding tert-OH is 1. The fraction of sp³-hybridized carbons (Fsp3) is 0.750. The molecule has 0 spiro atoms. The van der Waals surface area contributed by atoms with Crippen LogP contribution in [0.5, 0.6) is 0 Å². The summed E-state index contributed by atoms with van der Waals surface area (Å²) < 4.78 is 0. The number of allylic oxidation sites excluding steroid dienone is 1. The predicted molar refractivity (Wildman–Crippen MR) is 86.0 cm³/mol. The summed E-state index contributed by atoms with van der Waals surface area (Å²) in [7, 11) is 0. The van der Waals surface area contributed by atoms with Crippen LogP contribution in [0, 0.1) is 0 Å². The number of aliphatic hydroxyl groups is 1. The van der Waals surface area contributed by atoms with Crippen molar-refractivity contribution in [3.8, 4) is 0 Å². The van der Waals surface area contributed by atoms with Crippen LogP contribution in [-0.4, -0.2) is 59.3 Å². The Morgan fingerprint density at radius 1 is 1.30 bits per heavy atom. The number of carboxylic acid groups (broad SMARTS) is 1. The molecule has 7 heteroatoms. The van der Waals surface area contributed by atoms with E-state index in [-0.39, 0.29) is 31.4 Å². The second-order valence-corrected chi connectivity index (χ2v) is 5.29. The molecule has 0 heterocycles. The van der Waals surface area contributed by atoms with Crippen molar-refractivity contribution >= 4 is 11.9 Å². The fourth-order valence-corrected chi connectivity index (χ4v) is 2.05. The minimum Gasteiger partial charge on any atom is -0.862 e. The third-order valence-corrected chi connectivity index (χ3v) is 3.48. The largest absolute Gasteiger partial charge is 1.00 e. The van der Waals surface area contributed by atoms with E-state index in [9.17, 15) is 9.90 Å². The van der Waals surface area contributed by atoms with E-state index in [1.807, 2.05) is 6.08 Å². The summed E-state index contributed by atoms with van der Waals surface area (Å²) in [6, 6.07) is -0.643. The van der Waals surface area contributed by atoms with Gasteiger partial charge in [0.05, 0.1) is 6.54 Å². The SMILES string of the molecule is C=CCCCCCC([O-])=NCCN(CCCO)C(C)C(=O)O.[Li+]. The molecule has 0 aromatic heterocycles. The minimum absolute atomic E-state index is 0. The van der Waals surface area contributed by atoms with Crippen molar-refractivity contribution in [1.82, 2.24) is 4.90 Å². The number of nitrogens with zero attached hydrogens (tertiary/aromatic N) is 2. The van der Waals surface area contributed by atoms with Crippen molar-refractivity contribution in [2.75, 3.05) is 26.2 Å². The van der Waals surface area contributed by atoms with Crippen LogP contribution in [0.1, 0.15) is 45.4 Å². The van der Waals surface area contributed by atoms with Gasteiger partial charge in [-0.1, -0.05) is 12.5 Å². The number of carboxylic acids is 1. The van der Waals surface area contributed by atoms with Crippen molar-refractivity contribution in [2.45, 2.75) is 51.5 Å². The van der Waals surface area contributed by atoms with Crippen molar-refractivity contribution < 1.29 is 39.0 Å². The molecule has 0 aromatic rings. The molecule has 0 aliphatic carbocycles. The molecular formula is C16H29LiN2O4. The molecule has 6 nitrogen and oxygen atoms in total. The van der Waals surface area contributed by atoms with Crippen molar-refractivity contribution in [3.05, 3.63) is 12.7 Å². The average Bonchev–Trinajstić information content (AvgIpc) is 2.49. The zero-order chi connectivity index (χ0) is 16.8. The van der Waals surface area contributed by atoms with E-state index < -0.39 is 12.0 Å². The summed E-state index contributed by atoms with van der Waals surface area (Å²) in [5.41, 5.74) is 0. The quantitative estimate of drug-likeness (QED) is 0.127. The molecule has 23 heavy (non-hydrogen) atoms. The number of aliphatic carboxylic acids is 1. The number of aliphatic imine (C=N–C) groups is 1. The van der Waals surface area contributed by atoms with Gasteiger partial charge in [-0.05, 0) is 44.9 Å². The maximum Gasteiger partial charge on any atom is 1.00 e. The van der Waals surface area contributed by atoms with Crippen LogP contribution in [-0.2, 0) is 4.79 Å². The molecule has 0 aromatic carbocycles. The molecular weight excluding hydrogens is 291 g/mol. The summed E-state index contributed by atoms with van der Waals surface area (Å²) in [5.74, 6) is -1.03. The second kappa shape index (κ2) is 16.1. The Morgan fingerprint density at radius 3 is 2.57 bits per heavy atom. The van der Waals surface area contributed by atoms with Crippen LogP contribution < -0.4 is 24.0 Å². The Morgan fingerprint density at radius 2 is 2.00 bits per heavy atom. The number of hydrogen-bond donors (Lipinski definition) is 2. The standard InChI is InChI=1S/C16H30N2O4.Li/c1-3-4-5-6-7-9-15(20)17-10-12-18(11-8-13-19)14(2)16(21)22;/h3,14,19H,1,4-13H2,2H3,(H,17,20)(H,21,22);/q;+1/p-1. The summed E-state index contributed by atoms with van der Waals surface area (Å²) >= 11 is 0. The third kappa shape index (κ3) is 13.3. The van der Waals surface area contributed by atoms with E-state index in [2.05, 4.69) is 11.6 Å². The van der Waals surface area contributed by atoms with E-state index in [0.29, 0.717) is 32.5 Å². The molecule has 0 saturated carbocycles. The van der Waals surface area contributed by atoms with Crippen molar-refractivity contribution in [1.29, 1.82) is 0 Å². The van der Waals surface area contributed by atoms with Gasteiger partial charge in [0.15, 0.2) is 0 Å². The van der Waals surface area contributed by atoms with Gasteiger partial charge >= 0.3 is 24.8 Å². The Bertz CT molecular complexity index is 351. The van der Waals surface area contributed by atoms with E-state index in [1.54, 1.807) is 11.8 Å². The molecule has 128 valence electrons. The molecule has 0 aliphatic heterocycles. The molecule has 0 rings (SSSR count). The molecule has 0 aliphatic rings. The average molecular weight is 320 g/mol. The van der Waals surface area contributed by atoms with Crippen molar-refractivity contribution in [2.24, 2.45) is 4.99 Å². The first-order valence-corrected chi connectivity index (χ1v) is 7.91. The van der Waals surface area contributed by atoms with Crippen LogP contribution in [0.25, 0.3) is 0 Å². The Kier molecular flexibility index (Phi) is 17.1. The van der Waals surface area contributed by atoms with E-state index in [1.165, 1.54) is 0 Å². The maximum atomic E-state index is 11.6. The van der Waals surface area contributed by atoms with Gasteiger partial charge in [-0.15, -0.1) is 6.58 Å².